The molecule has 2 amide bonds. The average Bonchev–Trinajstić information content (AvgIpc) is 3.24. The lowest BCUT2D eigenvalue weighted by atomic mass is 9.95. The SMILES string of the molecule is COc1ccc2cc3c(cc2c1)C(=O)NC1(CCN(C(=O)c2[nH]c4c(OC)cccc4c2C)CC1)O3. The highest BCUT2D eigenvalue weighted by Crippen LogP contribution is 2.37. The number of piperidine rings is 1. The van der Waals surface area contributed by atoms with Gasteiger partial charge in [-0.2, -0.15) is 0 Å². The van der Waals surface area contributed by atoms with Crippen LogP contribution in [0.1, 0.15) is 39.3 Å². The Morgan fingerprint density at radius 3 is 2.58 bits per heavy atom. The monoisotopic (exact) mass is 485 g/mol. The van der Waals surface area contributed by atoms with E-state index in [2.05, 4.69) is 10.3 Å². The molecule has 0 bridgehead atoms. The Hall–Kier alpha value is -4.20. The molecule has 36 heavy (non-hydrogen) atoms. The summed E-state index contributed by atoms with van der Waals surface area (Å²) >= 11 is 0. The molecule has 8 heteroatoms. The third kappa shape index (κ3) is 3.44. The Morgan fingerprint density at radius 2 is 1.83 bits per heavy atom. The number of aromatic amines is 1. The fourth-order valence-corrected chi connectivity index (χ4v) is 5.32. The molecular weight excluding hydrogens is 458 g/mol. The van der Waals surface area contributed by atoms with Gasteiger partial charge in [-0.3, -0.25) is 9.59 Å². The summed E-state index contributed by atoms with van der Waals surface area (Å²) in [5.74, 6) is 1.77. The van der Waals surface area contributed by atoms with Crippen LogP contribution in [0.4, 0.5) is 0 Å². The van der Waals surface area contributed by atoms with Crippen LogP contribution in [0, 0.1) is 6.92 Å². The van der Waals surface area contributed by atoms with Gasteiger partial charge in [-0.15, -0.1) is 0 Å². The summed E-state index contributed by atoms with van der Waals surface area (Å²) in [6.07, 6.45) is 0.986. The smallest absolute Gasteiger partial charge is 0.270 e. The van der Waals surface area contributed by atoms with E-state index in [1.165, 1.54) is 0 Å². The minimum Gasteiger partial charge on any atom is -0.497 e. The molecule has 2 aliphatic rings. The van der Waals surface area contributed by atoms with E-state index in [1.807, 2.05) is 60.4 Å². The molecular formula is C28H27N3O5. The van der Waals surface area contributed by atoms with Gasteiger partial charge in [0.25, 0.3) is 11.8 Å². The van der Waals surface area contributed by atoms with Gasteiger partial charge in [-0.1, -0.05) is 18.2 Å². The van der Waals surface area contributed by atoms with Crippen LogP contribution in [0.25, 0.3) is 21.7 Å². The molecule has 0 saturated carbocycles. The minimum atomic E-state index is -0.834. The van der Waals surface area contributed by atoms with E-state index >= 15 is 0 Å². The zero-order valence-corrected chi connectivity index (χ0v) is 20.4. The first-order valence-electron chi connectivity index (χ1n) is 12.0. The van der Waals surface area contributed by atoms with Gasteiger partial charge in [0.15, 0.2) is 5.72 Å². The average molecular weight is 486 g/mol. The van der Waals surface area contributed by atoms with Gasteiger partial charge in [0, 0.05) is 31.3 Å². The Bertz CT molecular complexity index is 1530. The van der Waals surface area contributed by atoms with Gasteiger partial charge >= 0.3 is 0 Å². The van der Waals surface area contributed by atoms with Crippen LogP contribution in [0.5, 0.6) is 17.2 Å². The van der Waals surface area contributed by atoms with E-state index < -0.39 is 5.72 Å². The van der Waals surface area contributed by atoms with Crippen LogP contribution in [-0.4, -0.2) is 54.7 Å². The number of fused-ring (bicyclic) bond motifs is 3. The molecule has 6 rings (SSSR count). The number of aromatic nitrogens is 1. The molecule has 184 valence electrons. The van der Waals surface area contributed by atoms with Gasteiger partial charge in [-0.25, -0.2) is 0 Å². The summed E-state index contributed by atoms with van der Waals surface area (Å²) in [5.41, 5.74) is 1.95. The number of H-pyrrole nitrogens is 1. The summed E-state index contributed by atoms with van der Waals surface area (Å²) in [5, 5.41) is 5.92. The van der Waals surface area contributed by atoms with E-state index in [0.29, 0.717) is 48.7 Å². The predicted molar refractivity (Wildman–Crippen MR) is 136 cm³/mol. The van der Waals surface area contributed by atoms with Crippen LogP contribution < -0.4 is 19.5 Å². The predicted octanol–water partition coefficient (Wildman–Crippen LogP) is 4.40. The van der Waals surface area contributed by atoms with Crippen molar-refractivity contribution < 1.29 is 23.8 Å². The van der Waals surface area contributed by atoms with Crippen molar-refractivity contribution in [1.29, 1.82) is 0 Å². The van der Waals surface area contributed by atoms with Gasteiger partial charge in [-0.05, 0) is 53.6 Å². The maximum atomic E-state index is 13.4. The standard InChI is InChI=1S/C28H27N3O5/c1-16-20-5-4-6-22(35-3)25(20)29-24(16)27(33)31-11-9-28(10-12-31)30-26(32)21-14-18-13-19(34-2)8-7-17(18)15-23(21)36-28/h4-8,13-15,29H,9-12H2,1-3H3,(H,30,32). The second-order valence-electron chi connectivity index (χ2n) is 9.41. The van der Waals surface area contributed by atoms with Gasteiger partial charge in [0.1, 0.15) is 22.9 Å². The Morgan fingerprint density at radius 1 is 1.03 bits per heavy atom. The number of carbonyl (C=O) groups is 2. The molecule has 2 aliphatic heterocycles. The molecule has 1 aromatic heterocycles. The molecule has 1 fully saturated rings. The van der Waals surface area contributed by atoms with Crippen LogP contribution >= 0.6 is 0 Å². The summed E-state index contributed by atoms with van der Waals surface area (Å²) < 4.78 is 17.2. The van der Waals surface area contributed by atoms with Crippen molar-refractivity contribution in [1.82, 2.24) is 15.2 Å². The Labute approximate surface area is 208 Å². The number of rotatable bonds is 3. The van der Waals surface area contributed by atoms with E-state index in [4.69, 9.17) is 14.2 Å². The maximum absolute atomic E-state index is 13.4. The summed E-state index contributed by atoms with van der Waals surface area (Å²) in [6.45, 7) is 2.87. The number of aryl methyl sites for hydroxylation is 1. The number of benzene rings is 3. The molecule has 3 heterocycles. The fraction of sp³-hybridized carbons (Fsp3) is 0.286. The number of carbonyl (C=O) groups excluding carboxylic acids is 2. The normalized spacial score (nSPS) is 16.5. The van der Waals surface area contributed by atoms with Crippen molar-refractivity contribution in [3.8, 4) is 17.2 Å². The molecule has 1 saturated heterocycles. The van der Waals surface area contributed by atoms with Crippen LogP contribution in [0.15, 0.2) is 48.5 Å². The van der Waals surface area contributed by atoms with Gasteiger partial charge in [0.2, 0.25) is 0 Å². The molecule has 0 aliphatic carbocycles. The van der Waals surface area contributed by atoms with Crippen LogP contribution in [0.2, 0.25) is 0 Å². The Kier molecular flexibility index (Phi) is 5.07. The van der Waals surface area contributed by atoms with Crippen molar-refractivity contribution in [2.75, 3.05) is 27.3 Å². The molecule has 0 atom stereocenters. The zero-order chi connectivity index (χ0) is 25.0. The number of likely N-dealkylation sites (tertiary alicyclic amines) is 1. The number of hydrogen-bond donors (Lipinski definition) is 2. The number of ether oxygens (including phenoxy) is 3. The summed E-state index contributed by atoms with van der Waals surface area (Å²) in [4.78, 5) is 31.6. The second-order valence-corrected chi connectivity index (χ2v) is 9.41. The van der Waals surface area contributed by atoms with Crippen molar-refractivity contribution in [2.24, 2.45) is 0 Å². The highest BCUT2D eigenvalue weighted by Gasteiger charge is 2.43. The lowest BCUT2D eigenvalue weighted by Crippen LogP contribution is -2.61. The topological polar surface area (TPSA) is 92.9 Å². The van der Waals surface area contributed by atoms with E-state index in [0.717, 1.165) is 33.0 Å². The second kappa shape index (κ2) is 8.19. The number of nitrogens with one attached hydrogen (secondary N) is 2. The maximum Gasteiger partial charge on any atom is 0.270 e. The number of hydrogen-bond acceptors (Lipinski definition) is 5. The highest BCUT2D eigenvalue weighted by atomic mass is 16.5. The van der Waals surface area contributed by atoms with Crippen molar-refractivity contribution in [3.63, 3.8) is 0 Å². The molecule has 8 nitrogen and oxygen atoms in total. The van der Waals surface area contributed by atoms with Crippen molar-refractivity contribution in [2.45, 2.75) is 25.5 Å². The lowest BCUT2D eigenvalue weighted by Gasteiger charge is -2.44. The first kappa shape index (κ1) is 22.3. The minimum absolute atomic E-state index is 0.0666. The molecule has 3 aromatic carbocycles. The highest BCUT2D eigenvalue weighted by molar-refractivity contribution is 6.04. The number of nitrogens with zero attached hydrogens (tertiary/aromatic N) is 1. The van der Waals surface area contributed by atoms with Gasteiger partial charge < -0.3 is 29.4 Å². The molecule has 1 spiro atoms. The number of para-hydroxylation sites is 1. The first-order chi connectivity index (χ1) is 17.4. The van der Waals surface area contributed by atoms with Crippen LogP contribution in [0.3, 0.4) is 0 Å². The number of methoxy groups -OCH3 is 2. The van der Waals surface area contributed by atoms with Gasteiger partial charge in [0.05, 0.1) is 25.3 Å². The van der Waals surface area contributed by atoms with Crippen molar-refractivity contribution >= 4 is 33.5 Å². The number of amides is 2. The quantitative estimate of drug-likeness (QED) is 0.449. The largest absolute Gasteiger partial charge is 0.497 e. The lowest BCUT2D eigenvalue weighted by molar-refractivity contribution is -0.0245. The van der Waals surface area contributed by atoms with E-state index in [9.17, 15) is 9.59 Å². The van der Waals surface area contributed by atoms with E-state index in [-0.39, 0.29) is 11.8 Å². The molecule has 0 unspecified atom stereocenters. The molecule has 0 radical (unpaired) electrons. The third-order valence-electron chi connectivity index (χ3n) is 7.38. The van der Waals surface area contributed by atoms with Crippen molar-refractivity contribution in [3.05, 3.63) is 65.4 Å². The Balaban J connectivity index is 1.23. The fourth-order valence-electron chi connectivity index (χ4n) is 5.32. The summed E-state index contributed by atoms with van der Waals surface area (Å²) in [7, 11) is 3.24. The molecule has 2 N–H and O–H groups in total. The van der Waals surface area contributed by atoms with E-state index in [1.54, 1.807) is 14.2 Å². The zero-order valence-electron chi connectivity index (χ0n) is 20.4. The first-order valence-corrected chi connectivity index (χ1v) is 12.0. The van der Waals surface area contributed by atoms with Crippen LogP contribution in [-0.2, 0) is 0 Å². The third-order valence-corrected chi connectivity index (χ3v) is 7.38. The molecule has 4 aromatic rings. The summed E-state index contributed by atoms with van der Waals surface area (Å²) in [6, 6.07) is 15.3.